The molecule has 0 saturated heterocycles. The molecular formula is C41H38. The fraction of sp³-hybridized carbons (Fsp3) is 0.220. The van der Waals surface area contributed by atoms with E-state index in [1.54, 1.807) is 0 Å². The van der Waals surface area contributed by atoms with Gasteiger partial charge in [-0.1, -0.05) is 136 Å². The first-order valence-corrected chi connectivity index (χ1v) is 15.1. The molecule has 0 heterocycles. The number of hydrogen-bond acceptors (Lipinski definition) is 0. The summed E-state index contributed by atoms with van der Waals surface area (Å²) in [5.41, 5.74) is 9.94. The summed E-state index contributed by atoms with van der Waals surface area (Å²) in [4.78, 5) is 0. The third-order valence-corrected chi connectivity index (χ3v) is 9.49. The van der Waals surface area contributed by atoms with E-state index in [9.17, 15) is 0 Å². The van der Waals surface area contributed by atoms with Crippen LogP contribution >= 0.6 is 0 Å². The molecule has 0 saturated carbocycles. The van der Waals surface area contributed by atoms with Gasteiger partial charge in [0.2, 0.25) is 0 Å². The molecule has 202 valence electrons. The standard InChI is InChI=1S/C41H38/c1-27-26-30(22-25-32(27)29-20-23-31(24-21-29)41(2,3)4)39-35-15-7-9-17-37(35)40(38-18-10-8-16-36(38)39)34-19-11-13-28-12-5-6-14-33(28)34/h5-20,22,25-26,31H,21,23-24H2,1-4H3. The molecular weight excluding hydrogens is 492 g/mol. The fourth-order valence-corrected chi connectivity index (χ4v) is 7.22. The van der Waals surface area contributed by atoms with Crippen molar-refractivity contribution in [2.24, 2.45) is 11.3 Å². The van der Waals surface area contributed by atoms with Crippen LogP contribution in [0.25, 0.3) is 60.1 Å². The predicted octanol–water partition coefficient (Wildman–Crippen LogP) is 12.0. The lowest BCUT2D eigenvalue weighted by Gasteiger charge is -2.33. The van der Waals surface area contributed by atoms with E-state index in [0.29, 0.717) is 5.41 Å². The smallest absolute Gasteiger partial charge is 0.00201 e. The van der Waals surface area contributed by atoms with E-state index in [-0.39, 0.29) is 0 Å². The molecule has 0 heteroatoms. The molecule has 1 aliphatic rings. The highest BCUT2D eigenvalue weighted by Crippen LogP contribution is 2.46. The average Bonchev–Trinajstić information content (AvgIpc) is 2.99. The Morgan fingerprint density at radius 1 is 0.585 bits per heavy atom. The third-order valence-electron chi connectivity index (χ3n) is 9.49. The van der Waals surface area contributed by atoms with Crippen molar-refractivity contribution in [1.29, 1.82) is 0 Å². The van der Waals surface area contributed by atoms with Crippen LogP contribution in [0.5, 0.6) is 0 Å². The van der Waals surface area contributed by atoms with Crippen LogP contribution in [-0.2, 0) is 0 Å². The topological polar surface area (TPSA) is 0 Å². The molecule has 1 unspecified atom stereocenters. The second-order valence-electron chi connectivity index (χ2n) is 13.0. The lowest BCUT2D eigenvalue weighted by atomic mass is 9.72. The van der Waals surface area contributed by atoms with Crippen molar-refractivity contribution in [2.45, 2.75) is 47.0 Å². The van der Waals surface area contributed by atoms with Crippen LogP contribution in [-0.4, -0.2) is 0 Å². The lowest BCUT2D eigenvalue weighted by molar-refractivity contribution is 0.225. The Labute approximate surface area is 244 Å². The van der Waals surface area contributed by atoms with Gasteiger partial charge in [0.1, 0.15) is 0 Å². The van der Waals surface area contributed by atoms with Gasteiger partial charge in [0.25, 0.3) is 0 Å². The van der Waals surface area contributed by atoms with E-state index in [1.165, 1.54) is 90.5 Å². The van der Waals surface area contributed by atoms with Crippen LogP contribution in [0.3, 0.4) is 0 Å². The summed E-state index contributed by atoms with van der Waals surface area (Å²) < 4.78 is 0. The quantitative estimate of drug-likeness (QED) is 0.200. The zero-order valence-corrected chi connectivity index (χ0v) is 24.7. The Kier molecular flexibility index (Phi) is 6.31. The molecule has 0 nitrogen and oxygen atoms in total. The highest BCUT2D eigenvalue weighted by molar-refractivity contribution is 6.23. The van der Waals surface area contributed by atoms with Crippen molar-refractivity contribution in [3.05, 3.63) is 126 Å². The van der Waals surface area contributed by atoms with Gasteiger partial charge in [0.15, 0.2) is 0 Å². The molecule has 0 spiro atoms. The third kappa shape index (κ3) is 4.47. The number of hydrogen-bond donors (Lipinski definition) is 0. The van der Waals surface area contributed by atoms with Gasteiger partial charge in [-0.05, 0) is 109 Å². The fourth-order valence-electron chi connectivity index (χ4n) is 7.22. The van der Waals surface area contributed by atoms with Crippen molar-refractivity contribution in [2.75, 3.05) is 0 Å². The normalized spacial score (nSPS) is 15.9. The minimum Gasteiger partial charge on any atom is -0.0804 e. The second-order valence-corrected chi connectivity index (χ2v) is 13.0. The van der Waals surface area contributed by atoms with E-state index >= 15 is 0 Å². The molecule has 0 fully saturated rings. The monoisotopic (exact) mass is 530 g/mol. The number of aryl methyl sites for hydroxylation is 1. The maximum atomic E-state index is 2.52. The highest BCUT2D eigenvalue weighted by atomic mass is 14.3. The number of fused-ring (bicyclic) bond motifs is 3. The molecule has 6 aromatic carbocycles. The van der Waals surface area contributed by atoms with E-state index in [0.717, 1.165) is 5.92 Å². The van der Waals surface area contributed by atoms with Crippen LogP contribution in [0.4, 0.5) is 0 Å². The SMILES string of the molecule is Cc1cc(-c2c3ccccc3c(-c3cccc4ccccc34)c3ccccc23)ccc1C1=CCC(C(C)(C)C)CC1. The molecule has 41 heavy (non-hydrogen) atoms. The molecule has 1 atom stereocenters. The van der Waals surface area contributed by atoms with Crippen molar-refractivity contribution in [1.82, 2.24) is 0 Å². The van der Waals surface area contributed by atoms with Crippen molar-refractivity contribution >= 4 is 37.9 Å². The van der Waals surface area contributed by atoms with Crippen molar-refractivity contribution in [3.63, 3.8) is 0 Å². The molecule has 0 aromatic heterocycles. The van der Waals surface area contributed by atoms with Crippen LogP contribution in [0.15, 0.2) is 115 Å². The van der Waals surface area contributed by atoms with Gasteiger partial charge in [-0.15, -0.1) is 0 Å². The summed E-state index contributed by atoms with van der Waals surface area (Å²) in [6.07, 6.45) is 6.16. The average molecular weight is 531 g/mol. The Bertz CT molecular complexity index is 1900. The Balaban J connectivity index is 1.42. The first-order chi connectivity index (χ1) is 19.9. The predicted molar refractivity (Wildman–Crippen MR) is 179 cm³/mol. The Morgan fingerprint density at radius 2 is 1.17 bits per heavy atom. The van der Waals surface area contributed by atoms with Gasteiger partial charge < -0.3 is 0 Å². The first-order valence-electron chi connectivity index (χ1n) is 15.1. The summed E-state index contributed by atoms with van der Waals surface area (Å²) in [5, 5.41) is 7.81. The number of benzene rings is 6. The van der Waals surface area contributed by atoms with E-state index in [4.69, 9.17) is 0 Å². The number of rotatable bonds is 3. The maximum absolute atomic E-state index is 2.52. The summed E-state index contributed by atoms with van der Waals surface area (Å²) in [6, 6.07) is 40.6. The van der Waals surface area contributed by atoms with Crippen molar-refractivity contribution < 1.29 is 0 Å². The zero-order chi connectivity index (χ0) is 28.1. The molecule has 7 rings (SSSR count). The maximum Gasteiger partial charge on any atom is -0.00201 e. The summed E-state index contributed by atoms with van der Waals surface area (Å²) in [7, 11) is 0. The molecule has 0 bridgehead atoms. The number of allylic oxidation sites excluding steroid dienone is 2. The highest BCUT2D eigenvalue weighted by Gasteiger charge is 2.27. The summed E-state index contributed by atoms with van der Waals surface area (Å²) >= 11 is 0. The van der Waals surface area contributed by atoms with Crippen LogP contribution in [0.1, 0.15) is 51.2 Å². The van der Waals surface area contributed by atoms with E-state index in [1.807, 2.05) is 0 Å². The Hall–Kier alpha value is -4.16. The lowest BCUT2D eigenvalue weighted by Crippen LogP contribution is -2.22. The van der Waals surface area contributed by atoms with E-state index < -0.39 is 0 Å². The molecule has 6 aromatic rings. The minimum absolute atomic E-state index is 0.376. The second kappa shape index (κ2) is 10.0. The zero-order valence-electron chi connectivity index (χ0n) is 24.7. The van der Waals surface area contributed by atoms with Gasteiger partial charge in [-0.2, -0.15) is 0 Å². The van der Waals surface area contributed by atoms with Crippen molar-refractivity contribution in [3.8, 4) is 22.3 Å². The molecule has 1 aliphatic carbocycles. The van der Waals surface area contributed by atoms with Gasteiger partial charge in [0.05, 0.1) is 0 Å². The molecule has 0 N–H and O–H groups in total. The van der Waals surface area contributed by atoms with Gasteiger partial charge in [0, 0.05) is 0 Å². The van der Waals surface area contributed by atoms with Gasteiger partial charge >= 0.3 is 0 Å². The molecule has 0 aliphatic heterocycles. The molecule has 0 amide bonds. The van der Waals surface area contributed by atoms with Crippen LogP contribution < -0.4 is 0 Å². The summed E-state index contributed by atoms with van der Waals surface area (Å²) in [6.45, 7) is 9.45. The van der Waals surface area contributed by atoms with Gasteiger partial charge in [-0.25, -0.2) is 0 Å². The largest absolute Gasteiger partial charge is 0.0804 e. The molecule has 0 radical (unpaired) electrons. The summed E-state index contributed by atoms with van der Waals surface area (Å²) in [5.74, 6) is 0.767. The minimum atomic E-state index is 0.376. The van der Waals surface area contributed by atoms with E-state index in [2.05, 4.69) is 143 Å². The van der Waals surface area contributed by atoms with Crippen LogP contribution in [0, 0.1) is 18.3 Å². The Morgan fingerprint density at radius 3 is 1.76 bits per heavy atom. The van der Waals surface area contributed by atoms with Crippen LogP contribution in [0.2, 0.25) is 0 Å². The van der Waals surface area contributed by atoms with Gasteiger partial charge in [-0.3, -0.25) is 0 Å². The first kappa shape index (κ1) is 25.8.